The predicted molar refractivity (Wildman–Crippen MR) is 101 cm³/mol. The van der Waals surface area contributed by atoms with Gasteiger partial charge in [-0.1, -0.05) is 23.4 Å². The number of carbonyl (C=O) groups excluding carboxylic acids is 1. The molecule has 0 aliphatic heterocycles. The first-order valence-electron chi connectivity index (χ1n) is 8.80. The second kappa shape index (κ2) is 7.03. The zero-order valence-corrected chi connectivity index (χ0v) is 15.1. The molecule has 2 aromatic heterocycles. The molecule has 0 saturated heterocycles. The number of aryl methyl sites for hydroxylation is 1. The van der Waals surface area contributed by atoms with Gasteiger partial charge in [0.25, 0.3) is 5.91 Å². The highest BCUT2D eigenvalue weighted by Gasteiger charge is 2.18. The number of rotatable bonds is 5. The molecule has 0 spiro atoms. The fraction of sp³-hybridized carbons (Fsp3) is 0.200. The molecule has 7 heteroatoms. The van der Waals surface area contributed by atoms with E-state index in [0.29, 0.717) is 17.3 Å². The van der Waals surface area contributed by atoms with E-state index in [1.165, 1.54) is 0 Å². The molecule has 136 valence electrons. The molecular formula is C20H19N5O2. The van der Waals surface area contributed by atoms with Crippen molar-refractivity contribution in [1.82, 2.24) is 25.0 Å². The quantitative estimate of drug-likeness (QED) is 0.587. The molecule has 0 unspecified atom stereocenters. The minimum absolute atomic E-state index is 0.184. The van der Waals surface area contributed by atoms with Crippen LogP contribution in [0.3, 0.4) is 0 Å². The van der Waals surface area contributed by atoms with Gasteiger partial charge in [0, 0.05) is 17.7 Å². The van der Waals surface area contributed by atoms with Crippen LogP contribution in [0.4, 0.5) is 0 Å². The van der Waals surface area contributed by atoms with Crippen molar-refractivity contribution in [2.24, 2.45) is 0 Å². The van der Waals surface area contributed by atoms with E-state index in [1.54, 1.807) is 12.1 Å². The van der Waals surface area contributed by atoms with Gasteiger partial charge in [-0.15, -0.1) is 0 Å². The van der Waals surface area contributed by atoms with Crippen LogP contribution in [0, 0.1) is 0 Å². The van der Waals surface area contributed by atoms with E-state index in [0.717, 1.165) is 23.1 Å². The van der Waals surface area contributed by atoms with Gasteiger partial charge in [0.15, 0.2) is 0 Å². The van der Waals surface area contributed by atoms with Gasteiger partial charge in [-0.05, 0) is 44.2 Å². The molecule has 4 rings (SSSR count). The van der Waals surface area contributed by atoms with Crippen molar-refractivity contribution in [2.45, 2.75) is 26.4 Å². The summed E-state index contributed by atoms with van der Waals surface area (Å²) in [6.07, 6.45) is 1.82. The third-order valence-corrected chi connectivity index (χ3v) is 4.42. The van der Waals surface area contributed by atoms with Gasteiger partial charge >= 0.3 is 0 Å². The Bertz CT molecular complexity index is 1080. The molecule has 4 aromatic rings. The molecule has 27 heavy (non-hydrogen) atoms. The number of benzene rings is 2. The van der Waals surface area contributed by atoms with E-state index in [-0.39, 0.29) is 5.91 Å². The first kappa shape index (κ1) is 17.0. The monoisotopic (exact) mass is 361 g/mol. The summed E-state index contributed by atoms with van der Waals surface area (Å²) in [6, 6.07) is 14.5. The molecule has 0 fully saturated rings. The van der Waals surface area contributed by atoms with Gasteiger partial charge in [-0.25, -0.2) is 4.98 Å². The number of carbonyl (C=O) groups is 1. The summed E-state index contributed by atoms with van der Waals surface area (Å²) in [5.74, 6) is 0.658. The van der Waals surface area contributed by atoms with Crippen molar-refractivity contribution < 1.29 is 9.32 Å². The lowest BCUT2D eigenvalue weighted by atomic mass is 10.2. The summed E-state index contributed by atoms with van der Waals surface area (Å²) in [5.41, 5.74) is 3.37. The minimum Gasteiger partial charge on any atom is -0.341 e. The summed E-state index contributed by atoms with van der Waals surface area (Å²) >= 11 is 0. The lowest BCUT2D eigenvalue weighted by Crippen LogP contribution is -2.26. The number of nitrogens with zero attached hydrogens (tertiary/aromatic N) is 4. The summed E-state index contributed by atoms with van der Waals surface area (Å²) in [6.45, 7) is 4.71. The average Bonchev–Trinajstić information content (AvgIpc) is 3.35. The number of fused-ring (bicyclic) bond motifs is 1. The highest BCUT2D eigenvalue weighted by atomic mass is 16.5. The maximum atomic E-state index is 12.3. The molecule has 0 bridgehead atoms. The van der Waals surface area contributed by atoms with Crippen molar-refractivity contribution in [3.05, 3.63) is 66.3 Å². The second-order valence-electron chi connectivity index (χ2n) is 6.25. The maximum absolute atomic E-state index is 12.3. The Morgan fingerprint density at radius 3 is 2.81 bits per heavy atom. The Hall–Kier alpha value is -3.48. The van der Waals surface area contributed by atoms with Crippen LogP contribution >= 0.6 is 0 Å². The highest BCUT2D eigenvalue weighted by molar-refractivity contribution is 5.94. The average molecular weight is 361 g/mol. The fourth-order valence-electron chi connectivity index (χ4n) is 2.91. The SMILES string of the molecule is CCn1cnc2ccc(-c3noc([C@@H](C)NC(=O)c4ccccc4)n3)cc21. The zero-order valence-electron chi connectivity index (χ0n) is 15.1. The normalized spacial score (nSPS) is 12.2. The highest BCUT2D eigenvalue weighted by Crippen LogP contribution is 2.23. The van der Waals surface area contributed by atoms with Gasteiger partial charge in [0.1, 0.15) is 6.04 Å². The third kappa shape index (κ3) is 3.31. The Morgan fingerprint density at radius 2 is 2.04 bits per heavy atom. The van der Waals surface area contributed by atoms with Gasteiger partial charge in [0.05, 0.1) is 17.4 Å². The van der Waals surface area contributed by atoms with Crippen LogP contribution in [0.15, 0.2) is 59.4 Å². The number of hydrogen-bond donors (Lipinski definition) is 1. The largest absolute Gasteiger partial charge is 0.341 e. The Morgan fingerprint density at radius 1 is 1.22 bits per heavy atom. The first-order valence-corrected chi connectivity index (χ1v) is 8.80. The molecule has 0 saturated carbocycles. The van der Waals surface area contributed by atoms with Crippen LogP contribution in [0.1, 0.15) is 36.1 Å². The number of amides is 1. The van der Waals surface area contributed by atoms with Crippen LogP contribution < -0.4 is 5.32 Å². The molecule has 1 N–H and O–H groups in total. The minimum atomic E-state index is -0.399. The van der Waals surface area contributed by atoms with Gasteiger partial charge in [-0.3, -0.25) is 4.79 Å². The van der Waals surface area contributed by atoms with Crippen LogP contribution in [-0.2, 0) is 6.54 Å². The predicted octanol–water partition coefficient (Wildman–Crippen LogP) is 3.60. The molecule has 0 aliphatic carbocycles. The number of nitrogens with one attached hydrogen (secondary N) is 1. The van der Waals surface area contributed by atoms with Crippen molar-refractivity contribution in [3.63, 3.8) is 0 Å². The van der Waals surface area contributed by atoms with Crippen LogP contribution in [-0.4, -0.2) is 25.6 Å². The Balaban J connectivity index is 1.55. The first-order chi connectivity index (χ1) is 13.2. The standard InChI is InChI=1S/C20H19N5O2/c1-3-25-12-21-16-10-9-15(11-17(16)25)18-23-20(27-24-18)13(2)22-19(26)14-7-5-4-6-8-14/h4-13H,3H2,1-2H3,(H,22,26)/t13-/m1/s1. The Kier molecular flexibility index (Phi) is 4.42. The number of hydrogen-bond acceptors (Lipinski definition) is 5. The topological polar surface area (TPSA) is 85.8 Å². The number of aromatic nitrogens is 4. The summed E-state index contributed by atoms with van der Waals surface area (Å²) in [4.78, 5) is 21.1. The molecular weight excluding hydrogens is 342 g/mol. The van der Waals surface area contributed by atoms with E-state index in [9.17, 15) is 4.79 Å². The van der Waals surface area contributed by atoms with E-state index in [1.807, 2.05) is 49.6 Å². The third-order valence-electron chi connectivity index (χ3n) is 4.42. The van der Waals surface area contributed by atoms with Crippen molar-refractivity contribution in [3.8, 4) is 11.4 Å². The van der Waals surface area contributed by atoms with Crippen LogP contribution in [0.5, 0.6) is 0 Å². The fourth-order valence-corrected chi connectivity index (χ4v) is 2.91. The summed E-state index contributed by atoms with van der Waals surface area (Å²) < 4.78 is 7.43. The molecule has 0 radical (unpaired) electrons. The molecule has 2 heterocycles. The molecule has 1 atom stereocenters. The Labute approximate surface area is 156 Å². The summed E-state index contributed by atoms with van der Waals surface area (Å²) in [5, 5.41) is 6.94. The number of imidazole rings is 1. The van der Waals surface area contributed by atoms with Gasteiger partial charge in [-0.2, -0.15) is 4.98 Å². The zero-order chi connectivity index (χ0) is 18.8. The van der Waals surface area contributed by atoms with E-state index < -0.39 is 6.04 Å². The lowest BCUT2D eigenvalue weighted by molar-refractivity contribution is 0.0932. The second-order valence-corrected chi connectivity index (χ2v) is 6.25. The maximum Gasteiger partial charge on any atom is 0.251 e. The molecule has 7 nitrogen and oxygen atoms in total. The van der Waals surface area contributed by atoms with E-state index >= 15 is 0 Å². The van der Waals surface area contributed by atoms with Crippen LogP contribution in [0.2, 0.25) is 0 Å². The molecule has 2 aromatic carbocycles. The van der Waals surface area contributed by atoms with Crippen LogP contribution in [0.25, 0.3) is 22.4 Å². The van der Waals surface area contributed by atoms with E-state index in [4.69, 9.17) is 4.52 Å². The van der Waals surface area contributed by atoms with Gasteiger partial charge < -0.3 is 14.4 Å². The molecule has 0 aliphatic rings. The van der Waals surface area contributed by atoms with Crippen molar-refractivity contribution >= 4 is 16.9 Å². The summed E-state index contributed by atoms with van der Waals surface area (Å²) in [7, 11) is 0. The van der Waals surface area contributed by atoms with Gasteiger partial charge in [0.2, 0.25) is 11.7 Å². The smallest absolute Gasteiger partial charge is 0.251 e. The molecule has 1 amide bonds. The van der Waals surface area contributed by atoms with E-state index in [2.05, 4.69) is 31.9 Å². The van der Waals surface area contributed by atoms with Crippen molar-refractivity contribution in [1.29, 1.82) is 0 Å². The van der Waals surface area contributed by atoms with Crippen molar-refractivity contribution in [2.75, 3.05) is 0 Å². The lowest BCUT2D eigenvalue weighted by Gasteiger charge is -2.09.